The number of rotatable bonds is 8. The second-order valence-corrected chi connectivity index (χ2v) is 9.05. The molecular weight excluding hydrogens is 442 g/mol. The number of nitrogens with two attached hydrogens (primary N) is 1. The minimum Gasteiger partial charge on any atom is -0.383 e. The highest BCUT2D eigenvalue weighted by atomic mass is 16.2. The molecule has 1 amide bonds. The summed E-state index contributed by atoms with van der Waals surface area (Å²) in [5.41, 5.74) is 7.55. The number of nitrogen functional groups attached to an aromatic ring is 1. The zero-order chi connectivity index (χ0) is 24.8. The maximum Gasteiger partial charge on any atom is 0.332 e. The van der Waals surface area contributed by atoms with Crippen molar-refractivity contribution in [3.63, 3.8) is 0 Å². The number of anilines is 2. The van der Waals surface area contributed by atoms with Gasteiger partial charge in [-0.15, -0.1) is 0 Å². The normalized spacial score (nSPS) is 13.6. The van der Waals surface area contributed by atoms with Crippen LogP contribution in [0.5, 0.6) is 0 Å². The first-order chi connectivity index (χ1) is 17.0. The van der Waals surface area contributed by atoms with Gasteiger partial charge in [0.15, 0.2) is 0 Å². The van der Waals surface area contributed by atoms with Crippen LogP contribution in [0.4, 0.5) is 11.5 Å². The standard InChI is InChI=1S/C27H33N5O3/c1-29-25(28)24(30-16-9-4-10-17-30)26(34)32(27(29)35)20-23(33)31(19-22-13-7-3-8-14-22)18-15-21-11-5-2-6-12-21/h2-3,5-8,11-14H,4,9-10,15-20,28H2,1H3. The van der Waals surface area contributed by atoms with E-state index in [0.29, 0.717) is 38.3 Å². The number of hydrogen-bond acceptors (Lipinski definition) is 5. The number of amides is 1. The Hall–Kier alpha value is -3.81. The Kier molecular flexibility index (Phi) is 7.70. The summed E-state index contributed by atoms with van der Waals surface area (Å²) >= 11 is 0. The third kappa shape index (κ3) is 5.65. The highest BCUT2D eigenvalue weighted by molar-refractivity contribution is 5.76. The molecule has 1 saturated heterocycles. The Bertz CT molecular complexity index is 1260. The van der Waals surface area contributed by atoms with Crippen molar-refractivity contribution in [3.8, 4) is 0 Å². The molecule has 2 aromatic carbocycles. The van der Waals surface area contributed by atoms with Crippen LogP contribution >= 0.6 is 0 Å². The smallest absolute Gasteiger partial charge is 0.332 e. The molecule has 4 rings (SSSR count). The molecule has 1 aromatic heterocycles. The molecule has 2 heterocycles. The average molecular weight is 476 g/mol. The number of carbonyl (C=O) groups excluding carboxylic acids is 1. The Balaban J connectivity index is 1.62. The van der Waals surface area contributed by atoms with Crippen molar-refractivity contribution in [2.24, 2.45) is 7.05 Å². The van der Waals surface area contributed by atoms with Crippen LogP contribution in [-0.4, -0.2) is 39.6 Å². The number of piperidine rings is 1. The lowest BCUT2D eigenvalue weighted by molar-refractivity contribution is -0.132. The fraction of sp³-hybridized carbons (Fsp3) is 0.370. The molecule has 0 atom stereocenters. The Morgan fingerprint density at radius 2 is 1.51 bits per heavy atom. The lowest BCUT2D eigenvalue weighted by Crippen LogP contribution is -2.48. The van der Waals surface area contributed by atoms with Crippen molar-refractivity contribution in [2.45, 2.75) is 38.8 Å². The Labute approximate surface area is 205 Å². The monoisotopic (exact) mass is 475 g/mol. The molecular formula is C27H33N5O3. The van der Waals surface area contributed by atoms with Crippen LogP contribution in [-0.2, 0) is 31.4 Å². The summed E-state index contributed by atoms with van der Waals surface area (Å²) in [7, 11) is 1.54. The second-order valence-electron chi connectivity index (χ2n) is 9.05. The molecule has 3 aromatic rings. The molecule has 8 heteroatoms. The van der Waals surface area contributed by atoms with Crippen LogP contribution in [0, 0.1) is 0 Å². The first kappa shape index (κ1) is 24.3. The van der Waals surface area contributed by atoms with Crippen LogP contribution in [0.25, 0.3) is 0 Å². The van der Waals surface area contributed by atoms with Gasteiger partial charge >= 0.3 is 5.69 Å². The van der Waals surface area contributed by atoms with Crippen molar-refractivity contribution < 1.29 is 4.79 Å². The molecule has 0 radical (unpaired) electrons. The Morgan fingerprint density at radius 1 is 0.914 bits per heavy atom. The maximum absolute atomic E-state index is 13.5. The first-order valence-electron chi connectivity index (χ1n) is 12.2. The van der Waals surface area contributed by atoms with Crippen LogP contribution in [0.3, 0.4) is 0 Å². The molecule has 2 N–H and O–H groups in total. The van der Waals surface area contributed by atoms with Crippen LogP contribution in [0.15, 0.2) is 70.3 Å². The molecule has 0 unspecified atom stereocenters. The van der Waals surface area contributed by atoms with Crippen molar-refractivity contribution in [3.05, 3.63) is 92.6 Å². The fourth-order valence-corrected chi connectivity index (χ4v) is 4.56. The lowest BCUT2D eigenvalue weighted by Gasteiger charge is -2.30. The van der Waals surface area contributed by atoms with E-state index in [1.54, 1.807) is 11.9 Å². The zero-order valence-corrected chi connectivity index (χ0v) is 20.2. The van der Waals surface area contributed by atoms with E-state index in [2.05, 4.69) is 0 Å². The summed E-state index contributed by atoms with van der Waals surface area (Å²) in [5.74, 6) is -0.130. The van der Waals surface area contributed by atoms with Crippen molar-refractivity contribution in [1.29, 1.82) is 0 Å². The number of benzene rings is 2. The summed E-state index contributed by atoms with van der Waals surface area (Å²) in [5, 5.41) is 0. The highest BCUT2D eigenvalue weighted by Crippen LogP contribution is 2.21. The van der Waals surface area contributed by atoms with Crippen LogP contribution < -0.4 is 21.9 Å². The molecule has 0 saturated carbocycles. The van der Waals surface area contributed by atoms with E-state index in [4.69, 9.17) is 5.73 Å². The van der Waals surface area contributed by atoms with Gasteiger partial charge in [0.25, 0.3) is 5.56 Å². The molecule has 0 bridgehead atoms. The maximum atomic E-state index is 13.5. The van der Waals surface area contributed by atoms with E-state index in [1.807, 2.05) is 65.6 Å². The van der Waals surface area contributed by atoms with Gasteiger partial charge in [0.2, 0.25) is 5.91 Å². The van der Waals surface area contributed by atoms with E-state index in [0.717, 1.165) is 35.0 Å². The largest absolute Gasteiger partial charge is 0.383 e. The molecule has 1 aliphatic rings. The van der Waals surface area contributed by atoms with Gasteiger partial charge < -0.3 is 15.5 Å². The summed E-state index contributed by atoms with van der Waals surface area (Å²) < 4.78 is 2.30. The van der Waals surface area contributed by atoms with E-state index >= 15 is 0 Å². The molecule has 8 nitrogen and oxygen atoms in total. The van der Waals surface area contributed by atoms with E-state index < -0.39 is 11.2 Å². The van der Waals surface area contributed by atoms with Crippen molar-refractivity contribution in [2.75, 3.05) is 30.3 Å². The Morgan fingerprint density at radius 3 is 2.14 bits per heavy atom. The van der Waals surface area contributed by atoms with Crippen LogP contribution in [0.1, 0.15) is 30.4 Å². The average Bonchev–Trinajstić information content (AvgIpc) is 2.89. The topological polar surface area (TPSA) is 93.6 Å². The molecule has 184 valence electrons. The fourth-order valence-electron chi connectivity index (χ4n) is 4.56. The van der Waals surface area contributed by atoms with E-state index in [-0.39, 0.29) is 18.3 Å². The highest BCUT2D eigenvalue weighted by Gasteiger charge is 2.24. The van der Waals surface area contributed by atoms with Gasteiger partial charge in [-0.05, 0) is 36.8 Å². The predicted molar refractivity (Wildman–Crippen MR) is 138 cm³/mol. The molecule has 1 fully saturated rings. The van der Waals surface area contributed by atoms with Gasteiger partial charge in [0, 0.05) is 33.2 Å². The van der Waals surface area contributed by atoms with Gasteiger partial charge in [0.05, 0.1) is 0 Å². The summed E-state index contributed by atoms with van der Waals surface area (Å²) in [6, 6.07) is 19.7. The summed E-state index contributed by atoms with van der Waals surface area (Å²) in [6.07, 6.45) is 3.70. The van der Waals surface area contributed by atoms with E-state index in [9.17, 15) is 14.4 Å². The second kappa shape index (κ2) is 11.1. The number of aromatic nitrogens is 2. The zero-order valence-electron chi connectivity index (χ0n) is 20.2. The van der Waals surface area contributed by atoms with Gasteiger partial charge in [-0.25, -0.2) is 9.36 Å². The third-order valence-electron chi connectivity index (χ3n) is 6.62. The number of hydrogen-bond donors (Lipinski definition) is 1. The first-order valence-corrected chi connectivity index (χ1v) is 12.2. The third-order valence-corrected chi connectivity index (χ3v) is 6.62. The van der Waals surface area contributed by atoms with E-state index in [1.165, 1.54) is 4.57 Å². The SMILES string of the molecule is Cn1c(N)c(N2CCCCC2)c(=O)n(CC(=O)N(CCc2ccccc2)Cc2ccccc2)c1=O. The van der Waals surface area contributed by atoms with Crippen LogP contribution in [0.2, 0.25) is 0 Å². The van der Waals surface area contributed by atoms with Gasteiger partial charge in [-0.2, -0.15) is 0 Å². The van der Waals surface area contributed by atoms with Crippen molar-refractivity contribution >= 4 is 17.4 Å². The quantitative estimate of drug-likeness (QED) is 0.540. The van der Waals surface area contributed by atoms with Gasteiger partial charge in [0.1, 0.15) is 18.1 Å². The van der Waals surface area contributed by atoms with Gasteiger partial charge in [-0.1, -0.05) is 60.7 Å². The van der Waals surface area contributed by atoms with Crippen molar-refractivity contribution in [1.82, 2.24) is 14.0 Å². The summed E-state index contributed by atoms with van der Waals surface area (Å²) in [4.78, 5) is 43.6. The molecule has 0 aliphatic carbocycles. The molecule has 0 spiro atoms. The minimum atomic E-state index is -0.579. The number of carbonyl (C=O) groups is 1. The minimum absolute atomic E-state index is 0.149. The lowest BCUT2D eigenvalue weighted by atomic mass is 10.1. The molecule has 35 heavy (non-hydrogen) atoms. The number of nitrogens with zero attached hydrogens (tertiary/aromatic N) is 4. The summed E-state index contributed by atoms with van der Waals surface area (Å²) in [6.45, 7) is 1.97. The van der Waals surface area contributed by atoms with Gasteiger partial charge in [-0.3, -0.25) is 14.2 Å². The predicted octanol–water partition coefficient (Wildman–Crippen LogP) is 2.39. The molecule has 1 aliphatic heterocycles.